The van der Waals surface area contributed by atoms with Crippen molar-refractivity contribution in [2.24, 2.45) is 0 Å². The van der Waals surface area contributed by atoms with E-state index in [4.69, 9.17) is 4.74 Å². The first-order valence-corrected chi connectivity index (χ1v) is 7.40. The maximum Gasteiger partial charge on any atom is 0.283 e. The van der Waals surface area contributed by atoms with Crippen LogP contribution in [0.1, 0.15) is 11.1 Å². The van der Waals surface area contributed by atoms with Gasteiger partial charge in [0.2, 0.25) is 0 Å². The molecule has 4 nitrogen and oxygen atoms in total. The van der Waals surface area contributed by atoms with Gasteiger partial charge >= 0.3 is 0 Å². The molecule has 0 aliphatic rings. The lowest BCUT2D eigenvalue weighted by molar-refractivity contribution is -0.385. The van der Waals surface area contributed by atoms with Crippen LogP contribution in [0.2, 0.25) is 0 Å². The third-order valence-corrected chi connectivity index (χ3v) is 3.86. The Balaban J connectivity index is 1.96. The summed E-state index contributed by atoms with van der Waals surface area (Å²) in [5, 5.41) is 10.8. The summed E-state index contributed by atoms with van der Waals surface area (Å²) in [6, 6.07) is 12.8. The fourth-order valence-corrected chi connectivity index (χ4v) is 2.31. The van der Waals surface area contributed by atoms with Gasteiger partial charge in [-0.2, -0.15) is 0 Å². The van der Waals surface area contributed by atoms with Crippen molar-refractivity contribution in [3.63, 3.8) is 0 Å². The van der Waals surface area contributed by atoms with Crippen molar-refractivity contribution in [2.45, 2.75) is 13.2 Å². The largest absolute Gasteiger partial charge is 0.372 e. The maximum atomic E-state index is 10.8. The molecule has 2 aromatic rings. The van der Waals surface area contributed by atoms with Gasteiger partial charge in [0.15, 0.2) is 0 Å². The Morgan fingerprint density at radius 3 is 2.25 bits per heavy atom. The van der Waals surface area contributed by atoms with Gasteiger partial charge in [0.25, 0.3) is 5.69 Å². The summed E-state index contributed by atoms with van der Waals surface area (Å²) in [7, 11) is 0. The lowest BCUT2D eigenvalue weighted by atomic mass is 10.2. The summed E-state index contributed by atoms with van der Waals surface area (Å²) in [5.74, 6) is 0. The van der Waals surface area contributed by atoms with E-state index in [1.165, 1.54) is 6.07 Å². The van der Waals surface area contributed by atoms with E-state index in [9.17, 15) is 10.1 Å². The minimum absolute atomic E-state index is 0.0507. The van der Waals surface area contributed by atoms with Crippen molar-refractivity contribution < 1.29 is 9.66 Å². The summed E-state index contributed by atoms with van der Waals surface area (Å²) < 4.78 is 7.06. The van der Waals surface area contributed by atoms with Gasteiger partial charge in [0.1, 0.15) is 0 Å². The average Bonchev–Trinajstić information content (AvgIpc) is 2.42. The molecule has 0 amide bonds. The van der Waals surface area contributed by atoms with Crippen molar-refractivity contribution in [1.82, 2.24) is 0 Å². The molecule has 0 saturated carbocycles. The molecule has 2 aromatic carbocycles. The molecular weight excluding hydrogens is 390 g/mol. The number of hydrogen-bond donors (Lipinski definition) is 0. The molecule has 0 aliphatic carbocycles. The van der Waals surface area contributed by atoms with Crippen LogP contribution in [0.5, 0.6) is 0 Å². The second kappa shape index (κ2) is 6.97. The van der Waals surface area contributed by atoms with E-state index in [2.05, 4.69) is 31.9 Å². The number of benzene rings is 2. The van der Waals surface area contributed by atoms with Crippen molar-refractivity contribution in [2.75, 3.05) is 0 Å². The third-order valence-electron chi connectivity index (χ3n) is 2.66. The molecule has 20 heavy (non-hydrogen) atoms. The van der Waals surface area contributed by atoms with Crippen LogP contribution in [0, 0.1) is 10.1 Å². The SMILES string of the molecule is O=[N+]([O-])c1cc(COCc2ccc(Br)cc2)ccc1Br. The number of nitro benzene ring substituents is 1. The molecular formula is C14H11Br2NO3. The predicted molar refractivity (Wildman–Crippen MR) is 83.4 cm³/mol. The summed E-state index contributed by atoms with van der Waals surface area (Å²) >= 11 is 6.53. The molecule has 2 rings (SSSR count). The molecule has 0 N–H and O–H groups in total. The molecule has 0 aliphatic heterocycles. The number of halogens is 2. The Morgan fingerprint density at radius 2 is 1.60 bits per heavy atom. The molecule has 0 unspecified atom stereocenters. The second-order valence-corrected chi connectivity index (χ2v) is 5.93. The zero-order valence-corrected chi connectivity index (χ0v) is 13.6. The lowest BCUT2D eigenvalue weighted by Gasteiger charge is -2.05. The number of rotatable bonds is 5. The smallest absolute Gasteiger partial charge is 0.283 e. The Bertz CT molecular complexity index is 614. The van der Waals surface area contributed by atoms with Gasteiger partial charge in [-0.3, -0.25) is 10.1 Å². The van der Waals surface area contributed by atoms with E-state index in [1.54, 1.807) is 12.1 Å². The lowest BCUT2D eigenvalue weighted by Crippen LogP contribution is -1.96. The van der Waals surface area contributed by atoms with Crippen molar-refractivity contribution in [3.8, 4) is 0 Å². The Labute approximate surface area is 133 Å². The number of hydrogen-bond acceptors (Lipinski definition) is 3. The highest BCUT2D eigenvalue weighted by molar-refractivity contribution is 9.10. The molecule has 0 bridgehead atoms. The average molecular weight is 401 g/mol. The van der Waals surface area contributed by atoms with E-state index in [1.807, 2.05) is 24.3 Å². The number of ether oxygens (including phenoxy) is 1. The standard InChI is InChI=1S/C14H11Br2NO3/c15-12-4-1-10(2-5-12)8-20-9-11-3-6-13(16)14(7-11)17(18)19/h1-7H,8-9H2. The second-order valence-electron chi connectivity index (χ2n) is 4.16. The predicted octanol–water partition coefficient (Wildman–Crippen LogP) is 4.84. The highest BCUT2D eigenvalue weighted by Crippen LogP contribution is 2.26. The Kier molecular flexibility index (Phi) is 5.28. The van der Waals surface area contributed by atoms with E-state index in [0.29, 0.717) is 17.7 Å². The summed E-state index contributed by atoms with van der Waals surface area (Å²) in [6.07, 6.45) is 0. The molecule has 0 atom stereocenters. The van der Waals surface area contributed by atoms with E-state index in [-0.39, 0.29) is 5.69 Å². The van der Waals surface area contributed by atoms with E-state index in [0.717, 1.165) is 15.6 Å². The fourth-order valence-electron chi connectivity index (χ4n) is 1.66. The highest BCUT2D eigenvalue weighted by atomic mass is 79.9. The van der Waals surface area contributed by atoms with Gasteiger partial charge in [-0.25, -0.2) is 0 Å². The van der Waals surface area contributed by atoms with Crippen LogP contribution >= 0.6 is 31.9 Å². The molecule has 0 saturated heterocycles. The molecule has 0 spiro atoms. The molecule has 0 heterocycles. The van der Waals surface area contributed by atoms with Crippen molar-refractivity contribution in [3.05, 3.63) is 72.7 Å². The Hall–Kier alpha value is -1.24. The third kappa shape index (κ3) is 4.13. The quantitative estimate of drug-likeness (QED) is 0.533. The van der Waals surface area contributed by atoms with Crippen LogP contribution in [0.15, 0.2) is 51.4 Å². The number of nitro groups is 1. The van der Waals surface area contributed by atoms with Gasteiger partial charge in [-0.15, -0.1) is 0 Å². The van der Waals surface area contributed by atoms with Gasteiger partial charge in [-0.05, 0) is 45.3 Å². The first-order chi connectivity index (χ1) is 9.56. The minimum atomic E-state index is -0.414. The fraction of sp³-hybridized carbons (Fsp3) is 0.143. The molecule has 0 fully saturated rings. The van der Waals surface area contributed by atoms with Gasteiger partial charge in [-0.1, -0.05) is 34.1 Å². The van der Waals surface area contributed by atoms with E-state index >= 15 is 0 Å². The zero-order chi connectivity index (χ0) is 14.5. The topological polar surface area (TPSA) is 52.4 Å². The van der Waals surface area contributed by atoms with Crippen molar-refractivity contribution in [1.29, 1.82) is 0 Å². The van der Waals surface area contributed by atoms with Crippen LogP contribution in [-0.2, 0) is 18.0 Å². The van der Waals surface area contributed by atoms with Crippen LogP contribution in [0.4, 0.5) is 5.69 Å². The minimum Gasteiger partial charge on any atom is -0.372 e. The van der Waals surface area contributed by atoms with Gasteiger partial charge in [0, 0.05) is 10.5 Å². The summed E-state index contributed by atoms with van der Waals surface area (Å²) in [6.45, 7) is 0.807. The molecule has 0 aromatic heterocycles. The molecule has 0 radical (unpaired) electrons. The highest BCUT2D eigenvalue weighted by Gasteiger charge is 2.12. The summed E-state index contributed by atoms with van der Waals surface area (Å²) in [5.41, 5.74) is 1.88. The normalized spacial score (nSPS) is 10.5. The maximum absolute atomic E-state index is 10.8. The molecule has 6 heteroatoms. The zero-order valence-electron chi connectivity index (χ0n) is 10.4. The van der Waals surface area contributed by atoms with Crippen molar-refractivity contribution >= 4 is 37.5 Å². The van der Waals surface area contributed by atoms with Gasteiger partial charge in [0.05, 0.1) is 22.6 Å². The Morgan fingerprint density at radius 1 is 1.00 bits per heavy atom. The monoisotopic (exact) mass is 399 g/mol. The van der Waals surface area contributed by atoms with Crippen LogP contribution < -0.4 is 0 Å². The van der Waals surface area contributed by atoms with Crippen LogP contribution in [0.25, 0.3) is 0 Å². The van der Waals surface area contributed by atoms with E-state index < -0.39 is 4.92 Å². The van der Waals surface area contributed by atoms with Gasteiger partial charge < -0.3 is 4.74 Å². The number of nitrogens with zero attached hydrogens (tertiary/aromatic N) is 1. The first-order valence-electron chi connectivity index (χ1n) is 5.81. The van der Waals surface area contributed by atoms with Crippen LogP contribution in [-0.4, -0.2) is 4.92 Å². The van der Waals surface area contributed by atoms with Crippen LogP contribution in [0.3, 0.4) is 0 Å². The molecule has 104 valence electrons. The summed E-state index contributed by atoms with van der Waals surface area (Å²) in [4.78, 5) is 10.4. The first kappa shape index (κ1) is 15.2.